The molecule has 0 aromatic carbocycles. The molecule has 1 nitrogen and oxygen atoms in total. The summed E-state index contributed by atoms with van der Waals surface area (Å²) in [5.41, 5.74) is 3.85. The maximum atomic E-state index is 3.85. The van der Waals surface area contributed by atoms with Gasteiger partial charge in [-0.25, -0.2) is 0 Å². The van der Waals surface area contributed by atoms with Gasteiger partial charge < -0.3 is 22.7 Å². The second-order valence-electron chi connectivity index (χ2n) is 7.21. The smallest absolute Gasteiger partial charge is 0.0774 e. The van der Waals surface area contributed by atoms with E-state index in [0.717, 1.165) is 13.0 Å². The standard InChI is InChI=1S/C22H45N.BrH/c1-2-3-4-5-6-7-8-9-10-11-12-13-14-15-16-17-18-19-20-21-22-23;/h19-20H,2-18,21-23H2,1H3;1H. The van der Waals surface area contributed by atoms with E-state index < -0.39 is 0 Å². The maximum absolute atomic E-state index is 3.85. The Hall–Kier alpha value is 0.180. The minimum atomic E-state index is 0. The summed E-state index contributed by atoms with van der Waals surface area (Å²) in [5, 5.41) is 0. The SMILES string of the molecule is CCCCCCCCCCCCCCCCCCC=CCC[NH3+].[Br-]. The Bertz CT molecular complexity index is 228. The van der Waals surface area contributed by atoms with Gasteiger partial charge in [0.15, 0.2) is 0 Å². The molecule has 0 aliphatic carbocycles. The molecule has 0 radical (unpaired) electrons. The lowest BCUT2D eigenvalue weighted by Gasteiger charge is -2.03. The highest BCUT2D eigenvalue weighted by Crippen LogP contribution is 2.14. The minimum Gasteiger partial charge on any atom is -1.00 e. The highest BCUT2D eigenvalue weighted by Gasteiger charge is 1.94. The Balaban J connectivity index is 0. The second-order valence-corrected chi connectivity index (χ2v) is 7.21. The lowest BCUT2D eigenvalue weighted by atomic mass is 10.0. The van der Waals surface area contributed by atoms with Crippen LogP contribution in [-0.4, -0.2) is 6.54 Å². The van der Waals surface area contributed by atoms with Gasteiger partial charge in [0.2, 0.25) is 0 Å². The van der Waals surface area contributed by atoms with Crippen LogP contribution in [0, 0.1) is 0 Å². The molecule has 0 aliphatic heterocycles. The first-order valence-corrected chi connectivity index (χ1v) is 10.9. The maximum Gasteiger partial charge on any atom is 0.0774 e. The number of allylic oxidation sites excluding steroid dienone is 1. The highest BCUT2D eigenvalue weighted by atomic mass is 79.9. The monoisotopic (exact) mass is 403 g/mol. The molecule has 0 saturated carbocycles. The van der Waals surface area contributed by atoms with Gasteiger partial charge in [0.05, 0.1) is 6.54 Å². The van der Waals surface area contributed by atoms with Crippen molar-refractivity contribution < 1.29 is 22.7 Å². The van der Waals surface area contributed by atoms with Gasteiger partial charge in [-0.15, -0.1) is 0 Å². The molecule has 2 heteroatoms. The molecule has 0 atom stereocenters. The summed E-state index contributed by atoms with van der Waals surface area (Å²) in [4.78, 5) is 0. The van der Waals surface area contributed by atoms with E-state index in [0.29, 0.717) is 0 Å². The fourth-order valence-corrected chi connectivity index (χ4v) is 3.16. The topological polar surface area (TPSA) is 27.6 Å². The number of hydrogen-bond acceptors (Lipinski definition) is 0. The molecule has 0 amide bonds. The third-order valence-electron chi connectivity index (χ3n) is 4.76. The van der Waals surface area contributed by atoms with Gasteiger partial charge in [0, 0.05) is 6.42 Å². The Kier molecular flexibility index (Phi) is 28.0. The van der Waals surface area contributed by atoms with E-state index in [9.17, 15) is 0 Å². The van der Waals surface area contributed by atoms with Crippen molar-refractivity contribution >= 4 is 0 Å². The predicted molar refractivity (Wildman–Crippen MR) is 106 cm³/mol. The molecule has 0 bridgehead atoms. The summed E-state index contributed by atoms with van der Waals surface area (Å²) < 4.78 is 0. The first-order valence-electron chi connectivity index (χ1n) is 10.9. The van der Waals surface area contributed by atoms with E-state index in [-0.39, 0.29) is 17.0 Å². The van der Waals surface area contributed by atoms with Gasteiger partial charge in [-0.3, -0.25) is 0 Å². The first kappa shape index (κ1) is 26.4. The van der Waals surface area contributed by atoms with E-state index in [4.69, 9.17) is 0 Å². The van der Waals surface area contributed by atoms with Gasteiger partial charge in [-0.1, -0.05) is 115 Å². The lowest BCUT2D eigenvalue weighted by Crippen LogP contribution is -3.00. The van der Waals surface area contributed by atoms with Gasteiger partial charge in [0.25, 0.3) is 0 Å². The quantitative estimate of drug-likeness (QED) is 0.250. The average Bonchev–Trinajstić information content (AvgIpc) is 2.57. The van der Waals surface area contributed by atoms with Gasteiger partial charge in [-0.2, -0.15) is 0 Å². The van der Waals surface area contributed by atoms with E-state index in [1.165, 1.54) is 109 Å². The van der Waals surface area contributed by atoms with Crippen molar-refractivity contribution in [3.8, 4) is 0 Å². The molecule has 24 heavy (non-hydrogen) atoms. The van der Waals surface area contributed by atoms with Gasteiger partial charge in [0.1, 0.15) is 0 Å². The Labute approximate surface area is 164 Å². The van der Waals surface area contributed by atoms with Crippen LogP contribution in [0.3, 0.4) is 0 Å². The average molecular weight is 405 g/mol. The molecule has 0 rings (SSSR count). The zero-order valence-corrected chi connectivity index (χ0v) is 18.3. The molecule has 0 heterocycles. The number of quaternary nitrogens is 1. The predicted octanol–water partition coefficient (Wildman–Crippen LogP) is 3.83. The molecule has 0 unspecified atom stereocenters. The van der Waals surface area contributed by atoms with Crippen molar-refractivity contribution in [1.82, 2.24) is 0 Å². The van der Waals surface area contributed by atoms with Crippen LogP contribution in [0.4, 0.5) is 0 Å². The normalized spacial score (nSPS) is 11.1. The van der Waals surface area contributed by atoms with Crippen LogP contribution in [-0.2, 0) is 0 Å². The fourth-order valence-electron chi connectivity index (χ4n) is 3.16. The van der Waals surface area contributed by atoms with Crippen LogP contribution in [0.15, 0.2) is 12.2 Å². The van der Waals surface area contributed by atoms with Crippen LogP contribution in [0.5, 0.6) is 0 Å². The third-order valence-corrected chi connectivity index (χ3v) is 4.76. The molecule has 0 saturated heterocycles. The van der Waals surface area contributed by atoms with Crippen LogP contribution < -0.4 is 22.7 Å². The molecule has 0 spiro atoms. The largest absolute Gasteiger partial charge is 1.00 e. The van der Waals surface area contributed by atoms with Crippen LogP contribution in [0.25, 0.3) is 0 Å². The molecular weight excluding hydrogens is 358 g/mol. The Morgan fingerprint density at radius 1 is 0.500 bits per heavy atom. The summed E-state index contributed by atoms with van der Waals surface area (Å²) in [6, 6.07) is 0. The van der Waals surface area contributed by atoms with E-state index >= 15 is 0 Å². The first-order chi connectivity index (χ1) is 11.4. The Morgan fingerprint density at radius 3 is 1.21 bits per heavy atom. The number of hydrogen-bond donors (Lipinski definition) is 1. The fraction of sp³-hybridized carbons (Fsp3) is 0.909. The Morgan fingerprint density at radius 2 is 0.833 bits per heavy atom. The van der Waals surface area contributed by atoms with E-state index in [1.54, 1.807) is 0 Å². The van der Waals surface area contributed by atoms with Crippen molar-refractivity contribution in [3.63, 3.8) is 0 Å². The molecular formula is C22H46BrN. The molecule has 146 valence electrons. The molecule has 0 aromatic rings. The number of rotatable bonds is 19. The van der Waals surface area contributed by atoms with Crippen LogP contribution >= 0.6 is 0 Å². The number of halogens is 1. The van der Waals surface area contributed by atoms with Crippen molar-refractivity contribution in [3.05, 3.63) is 12.2 Å². The van der Waals surface area contributed by atoms with Crippen molar-refractivity contribution in [1.29, 1.82) is 0 Å². The summed E-state index contributed by atoms with van der Waals surface area (Å²) >= 11 is 0. The summed E-state index contributed by atoms with van der Waals surface area (Å²) in [5.74, 6) is 0. The van der Waals surface area contributed by atoms with Crippen LogP contribution in [0.1, 0.15) is 122 Å². The third kappa shape index (κ3) is 24.4. The van der Waals surface area contributed by atoms with Gasteiger partial charge >= 0.3 is 0 Å². The van der Waals surface area contributed by atoms with Crippen molar-refractivity contribution in [2.24, 2.45) is 0 Å². The van der Waals surface area contributed by atoms with Crippen LogP contribution in [0.2, 0.25) is 0 Å². The molecule has 0 aromatic heterocycles. The molecule has 0 aliphatic rings. The van der Waals surface area contributed by atoms with Crippen molar-refractivity contribution in [2.45, 2.75) is 122 Å². The summed E-state index contributed by atoms with van der Waals surface area (Å²) in [6.07, 6.45) is 30.3. The van der Waals surface area contributed by atoms with Crippen molar-refractivity contribution in [2.75, 3.05) is 6.54 Å². The van der Waals surface area contributed by atoms with E-state index in [2.05, 4.69) is 24.8 Å². The zero-order chi connectivity index (χ0) is 16.8. The van der Waals surface area contributed by atoms with Gasteiger partial charge in [-0.05, 0) is 12.8 Å². The summed E-state index contributed by atoms with van der Waals surface area (Å²) in [6.45, 7) is 3.33. The second kappa shape index (κ2) is 25.4. The minimum absolute atomic E-state index is 0. The van der Waals surface area contributed by atoms with E-state index in [1.807, 2.05) is 0 Å². The summed E-state index contributed by atoms with van der Waals surface area (Å²) in [7, 11) is 0. The number of unbranched alkanes of at least 4 members (excludes halogenated alkanes) is 16. The molecule has 0 fully saturated rings. The highest BCUT2D eigenvalue weighted by molar-refractivity contribution is 4.80. The molecule has 3 N–H and O–H groups in total. The lowest BCUT2D eigenvalue weighted by molar-refractivity contribution is -0.366. The zero-order valence-electron chi connectivity index (χ0n) is 16.7.